The van der Waals surface area contributed by atoms with Gasteiger partial charge in [0.2, 0.25) is 0 Å². The molecular weight excluding hydrogens is 396 g/mol. The van der Waals surface area contributed by atoms with Crippen molar-refractivity contribution < 1.29 is 19.4 Å². The summed E-state index contributed by atoms with van der Waals surface area (Å²) in [6.07, 6.45) is 1.54. The molecular formula is C18H14N6O6. The van der Waals surface area contributed by atoms with Gasteiger partial charge in [-0.25, -0.2) is 4.68 Å². The van der Waals surface area contributed by atoms with E-state index in [0.29, 0.717) is 11.4 Å². The number of nitro groups is 2. The summed E-state index contributed by atoms with van der Waals surface area (Å²) in [5.74, 6) is -1.40. The molecule has 2 aromatic carbocycles. The fraction of sp³-hybridized carbons (Fsp3) is 0.0556. The van der Waals surface area contributed by atoms with Gasteiger partial charge >= 0.3 is 0 Å². The van der Waals surface area contributed by atoms with Crippen LogP contribution in [0.1, 0.15) is 26.4 Å². The highest BCUT2D eigenvalue weighted by Crippen LogP contribution is 2.28. The summed E-state index contributed by atoms with van der Waals surface area (Å²) in [7, 11) is 0. The number of hydrogen-bond donors (Lipinski definition) is 2. The van der Waals surface area contributed by atoms with Crippen LogP contribution >= 0.6 is 0 Å². The van der Waals surface area contributed by atoms with E-state index in [9.17, 15) is 29.8 Å². The highest BCUT2D eigenvalue weighted by atomic mass is 16.6. The summed E-state index contributed by atoms with van der Waals surface area (Å²) in [6, 6.07) is 9.55. The Hall–Kier alpha value is -4.61. The van der Waals surface area contributed by atoms with Gasteiger partial charge in [0.15, 0.2) is 0 Å². The van der Waals surface area contributed by atoms with Crippen molar-refractivity contribution in [1.82, 2.24) is 9.78 Å². The first-order valence-electron chi connectivity index (χ1n) is 8.38. The van der Waals surface area contributed by atoms with Crippen molar-refractivity contribution in [1.29, 1.82) is 0 Å². The van der Waals surface area contributed by atoms with Gasteiger partial charge in [-0.15, -0.1) is 0 Å². The van der Waals surface area contributed by atoms with Crippen molar-refractivity contribution in [3.63, 3.8) is 0 Å². The Morgan fingerprint density at radius 2 is 1.73 bits per heavy atom. The van der Waals surface area contributed by atoms with Crippen LogP contribution < -0.4 is 11.1 Å². The van der Waals surface area contributed by atoms with E-state index in [1.165, 1.54) is 17.7 Å². The Kier molecular flexibility index (Phi) is 5.23. The molecule has 1 aromatic heterocycles. The number of nitrogens with two attached hydrogens (primary N) is 1. The molecule has 0 fully saturated rings. The average molecular weight is 410 g/mol. The molecule has 12 nitrogen and oxygen atoms in total. The summed E-state index contributed by atoms with van der Waals surface area (Å²) in [5, 5.41) is 28.8. The zero-order valence-corrected chi connectivity index (χ0v) is 15.4. The Morgan fingerprint density at radius 1 is 1.07 bits per heavy atom. The first kappa shape index (κ1) is 20.1. The number of nitrogens with one attached hydrogen (secondary N) is 1. The fourth-order valence-corrected chi connectivity index (χ4v) is 2.71. The number of carbonyl (C=O) groups is 2. The molecule has 1 heterocycles. The van der Waals surface area contributed by atoms with Gasteiger partial charge in [-0.3, -0.25) is 29.8 Å². The van der Waals surface area contributed by atoms with Gasteiger partial charge in [0.25, 0.3) is 23.2 Å². The Balaban J connectivity index is 1.86. The Morgan fingerprint density at radius 3 is 2.27 bits per heavy atom. The second-order valence-electron chi connectivity index (χ2n) is 6.16. The van der Waals surface area contributed by atoms with Crippen molar-refractivity contribution in [2.45, 2.75) is 6.92 Å². The molecule has 0 bridgehead atoms. The number of non-ortho nitro benzene ring substituents is 1. The number of aromatic nitrogens is 2. The maximum absolute atomic E-state index is 12.6. The molecule has 0 aliphatic heterocycles. The summed E-state index contributed by atoms with van der Waals surface area (Å²) < 4.78 is 1.42. The van der Waals surface area contributed by atoms with E-state index in [1.54, 1.807) is 30.5 Å². The summed E-state index contributed by atoms with van der Waals surface area (Å²) >= 11 is 0. The van der Waals surface area contributed by atoms with Crippen molar-refractivity contribution in [2.75, 3.05) is 5.32 Å². The smallest absolute Gasteiger partial charge is 0.279 e. The molecule has 152 valence electrons. The minimum atomic E-state index is -0.803. The molecule has 0 aliphatic rings. The molecule has 3 N–H and O–H groups in total. The molecule has 0 unspecified atom stereocenters. The van der Waals surface area contributed by atoms with Gasteiger partial charge < -0.3 is 11.1 Å². The zero-order chi connectivity index (χ0) is 22.0. The minimum absolute atomic E-state index is 0.00948. The quantitative estimate of drug-likeness (QED) is 0.462. The van der Waals surface area contributed by atoms with Crippen LogP contribution in [0.15, 0.2) is 48.7 Å². The van der Waals surface area contributed by atoms with E-state index in [4.69, 9.17) is 5.73 Å². The molecule has 0 atom stereocenters. The molecule has 12 heteroatoms. The molecule has 2 amide bonds. The number of rotatable bonds is 6. The lowest BCUT2D eigenvalue weighted by atomic mass is 10.0. The second kappa shape index (κ2) is 7.79. The normalized spacial score (nSPS) is 10.4. The van der Waals surface area contributed by atoms with Gasteiger partial charge in [-0.2, -0.15) is 5.10 Å². The molecule has 30 heavy (non-hydrogen) atoms. The van der Waals surface area contributed by atoms with Crippen LogP contribution in [0.25, 0.3) is 5.69 Å². The van der Waals surface area contributed by atoms with Crippen LogP contribution in [0.3, 0.4) is 0 Å². The van der Waals surface area contributed by atoms with Gasteiger partial charge in [-0.05, 0) is 37.3 Å². The Labute approximate surface area is 168 Å². The first-order valence-corrected chi connectivity index (χ1v) is 8.38. The maximum atomic E-state index is 12.6. The highest BCUT2D eigenvalue weighted by molar-refractivity contribution is 6.06. The zero-order valence-electron chi connectivity index (χ0n) is 15.4. The predicted octanol–water partition coefficient (Wildman–Crippen LogP) is 2.35. The fourth-order valence-electron chi connectivity index (χ4n) is 2.71. The monoisotopic (exact) mass is 410 g/mol. The van der Waals surface area contributed by atoms with Crippen molar-refractivity contribution in [2.24, 2.45) is 5.73 Å². The minimum Gasteiger partial charge on any atom is -0.364 e. The molecule has 0 spiro atoms. The van der Waals surface area contributed by atoms with E-state index in [-0.39, 0.29) is 16.8 Å². The number of nitrogens with zero attached hydrogens (tertiary/aromatic N) is 4. The van der Waals surface area contributed by atoms with Crippen LogP contribution in [0, 0.1) is 27.2 Å². The average Bonchev–Trinajstić information content (AvgIpc) is 3.18. The summed E-state index contributed by atoms with van der Waals surface area (Å²) in [6.45, 7) is 1.34. The lowest BCUT2D eigenvalue weighted by Crippen LogP contribution is -2.15. The number of carbonyl (C=O) groups excluding carboxylic acids is 2. The van der Waals surface area contributed by atoms with Crippen molar-refractivity contribution >= 4 is 28.9 Å². The Bertz CT molecular complexity index is 1180. The molecule has 3 rings (SSSR count). The molecule has 0 aliphatic carbocycles. The van der Waals surface area contributed by atoms with E-state index >= 15 is 0 Å². The highest BCUT2D eigenvalue weighted by Gasteiger charge is 2.24. The maximum Gasteiger partial charge on any atom is 0.279 e. The van der Waals surface area contributed by atoms with Crippen molar-refractivity contribution in [3.05, 3.63) is 85.7 Å². The standard InChI is InChI=1S/C18H14N6O6/c1-10-14(8-13(23(27)28)9-16(10)24(29)30)18(26)20-11-2-4-12(5-3-11)22-7-6-15(21-22)17(19)25/h2-9H,1H3,(H2,19,25)(H,20,26). The third kappa shape index (κ3) is 3.96. The number of hydrogen-bond acceptors (Lipinski definition) is 7. The van der Waals surface area contributed by atoms with Crippen LogP contribution in [0.2, 0.25) is 0 Å². The molecule has 0 saturated heterocycles. The topological polar surface area (TPSA) is 176 Å². The van der Waals surface area contributed by atoms with Crippen LogP contribution in [-0.4, -0.2) is 31.4 Å². The number of primary amides is 1. The van der Waals surface area contributed by atoms with Crippen molar-refractivity contribution in [3.8, 4) is 5.69 Å². The van der Waals surface area contributed by atoms with Crippen LogP contribution in [0.4, 0.5) is 17.1 Å². The third-order valence-electron chi connectivity index (χ3n) is 4.25. The number of anilines is 1. The van der Waals surface area contributed by atoms with Gasteiger partial charge in [0.05, 0.1) is 27.2 Å². The van der Waals surface area contributed by atoms with E-state index in [0.717, 1.165) is 12.1 Å². The van der Waals surface area contributed by atoms with E-state index in [2.05, 4.69) is 10.4 Å². The van der Waals surface area contributed by atoms with E-state index < -0.39 is 33.0 Å². The summed E-state index contributed by atoms with van der Waals surface area (Å²) in [5.41, 5.74) is 4.94. The van der Waals surface area contributed by atoms with Crippen LogP contribution in [-0.2, 0) is 0 Å². The number of nitro benzene ring substituents is 2. The SMILES string of the molecule is Cc1c(C(=O)Nc2ccc(-n3ccc(C(N)=O)n3)cc2)cc([N+](=O)[O-])cc1[N+](=O)[O-]. The predicted molar refractivity (Wildman–Crippen MR) is 105 cm³/mol. The van der Waals surface area contributed by atoms with Crippen LogP contribution in [0.5, 0.6) is 0 Å². The lowest BCUT2D eigenvalue weighted by Gasteiger charge is -2.09. The third-order valence-corrected chi connectivity index (χ3v) is 4.25. The first-order chi connectivity index (χ1) is 14.2. The summed E-state index contributed by atoms with van der Waals surface area (Å²) in [4.78, 5) is 44.4. The molecule has 0 radical (unpaired) electrons. The molecule has 3 aromatic rings. The van der Waals surface area contributed by atoms with E-state index in [1.807, 2.05) is 0 Å². The van der Waals surface area contributed by atoms with Gasteiger partial charge in [0, 0.05) is 23.5 Å². The van der Waals surface area contributed by atoms with Gasteiger partial charge in [-0.1, -0.05) is 0 Å². The lowest BCUT2D eigenvalue weighted by molar-refractivity contribution is -0.394. The second-order valence-corrected chi connectivity index (χ2v) is 6.16. The van der Waals surface area contributed by atoms with Gasteiger partial charge in [0.1, 0.15) is 5.69 Å². The largest absolute Gasteiger partial charge is 0.364 e. The number of amides is 2. The molecule has 0 saturated carbocycles. The number of benzene rings is 2.